The monoisotopic (exact) mass is 266 g/mol. The van der Waals surface area contributed by atoms with Crippen molar-refractivity contribution < 1.29 is 17.6 Å². The maximum absolute atomic E-state index is 12.2. The van der Waals surface area contributed by atoms with Gasteiger partial charge in [0.25, 0.3) is 0 Å². The summed E-state index contributed by atoms with van der Waals surface area (Å²) in [5.41, 5.74) is 0.215. The van der Waals surface area contributed by atoms with E-state index in [1.807, 2.05) is 0 Å². The number of hydrogen-bond donors (Lipinski definition) is 0. The lowest BCUT2D eigenvalue weighted by atomic mass is 10.3. The Balaban J connectivity index is 0.00000144. The van der Waals surface area contributed by atoms with Gasteiger partial charge in [-0.05, 0) is 12.1 Å². The summed E-state index contributed by atoms with van der Waals surface area (Å²) in [7, 11) is 0. The average molecular weight is 267 g/mol. The van der Waals surface area contributed by atoms with Crippen molar-refractivity contribution >= 4 is 12.4 Å². The van der Waals surface area contributed by atoms with Crippen LogP contribution in [0.2, 0.25) is 0 Å². The van der Waals surface area contributed by atoms with Crippen LogP contribution in [0.25, 0.3) is 5.69 Å². The van der Waals surface area contributed by atoms with Crippen LogP contribution in [0.5, 0.6) is 0 Å². The highest BCUT2D eigenvalue weighted by molar-refractivity contribution is 5.85. The minimum absolute atomic E-state index is 0. The summed E-state index contributed by atoms with van der Waals surface area (Å²) in [5.74, 6) is -2.72. The van der Waals surface area contributed by atoms with Gasteiger partial charge < -0.3 is 4.42 Å². The van der Waals surface area contributed by atoms with E-state index < -0.39 is 17.8 Å². The fraction of sp³-hybridized carbons (Fsp3) is 0.111. The van der Waals surface area contributed by atoms with Gasteiger partial charge in [0.15, 0.2) is 0 Å². The number of aromatic nitrogens is 2. The summed E-state index contributed by atoms with van der Waals surface area (Å²) in [6.45, 7) is 0. The van der Waals surface area contributed by atoms with Crippen molar-refractivity contribution in [1.29, 1.82) is 0 Å². The molecule has 0 spiro atoms. The Morgan fingerprint density at radius 1 is 1.18 bits per heavy atom. The van der Waals surface area contributed by atoms with Gasteiger partial charge in [0.05, 0.1) is 5.69 Å². The molecule has 0 aliphatic carbocycles. The first-order valence-electron chi connectivity index (χ1n) is 4.21. The topological polar surface area (TPSA) is 48.0 Å². The molecule has 1 heterocycles. The molecule has 2 rings (SSSR count). The standard InChI is InChI=1S/C9H5F3N2O2.ClH/c10-9(11,12)7-13-14(8(15)16-7)6-4-2-1-3-5-6;/h1-5H;1H. The number of hydrogen-bond acceptors (Lipinski definition) is 3. The van der Waals surface area contributed by atoms with Crippen LogP contribution in [0.4, 0.5) is 13.2 Å². The third-order valence-electron chi connectivity index (χ3n) is 1.79. The van der Waals surface area contributed by atoms with E-state index in [4.69, 9.17) is 0 Å². The molecule has 17 heavy (non-hydrogen) atoms. The summed E-state index contributed by atoms with van der Waals surface area (Å²) in [5, 5.41) is 3.06. The second-order valence-electron chi connectivity index (χ2n) is 2.92. The first-order valence-corrected chi connectivity index (χ1v) is 4.21. The highest BCUT2D eigenvalue weighted by atomic mass is 35.5. The number of rotatable bonds is 1. The second-order valence-corrected chi connectivity index (χ2v) is 2.92. The van der Waals surface area contributed by atoms with Crippen molar-refractivity contribution in [1.82, 2.24) is 9.78 Å². The number of para-hydroxylation sites is 1. The molecule has 8 heteroatoms. The molecule has 92 valence electrons. The first kappa shape index (κ1) is 13.3. The molecule has 0 aliphatic heterocycles. The van der Waals surface area contributed by atoms with Gasteiger partial charge in [-0.1, -0.05) is 18.2 Å². The SMILES string of the molecule is Cl.O=c1oc(C(F)(F)F)nn1-c1ccccc1. The Labute approximate surface area is 99.1 Å². The van der Waals surface area contributed by atoms with Crippen LogP contribution in [0.1, 0.15) is 5.89 Å². The van der Waals surface area contributed by atoms with Gasteiger partial charge in [0, 0.05) is 0 Å². The quantitative estimate of drug-likeness (QED) is 0.795. The summed E-state index contributed by atoms with van der Waals surface area (Å²) in [6, 6.07) is 7.71. The normalized spacial score (nSPS) is 11.0. The lowest BCUT2D eigenvalue weighted by Gasteiger charge is -1.98. The van der Waals surface area contributed by atoms with Crippen LogP contribution in [0.3, 0.4) is 0 Å². The van der Waals surface area contributed by atoms with Crippen LogP contribution in [-0.2, 0) is 6.18 Å². The smallest absolute Gasteiger partial charge is 0.383 e. The summed E-state index contributed by atoms with van der Waals surface area (Å²) in [4.78, 5) is 11.1. The Morgan fingerprint density at radius 2 is 1.76 bits per heavy atom. The van der Waals surface area contributed by atoms with Gasteiger partial charge in [-0.2, -0.15) is 17.9 Å². The van der Waals surface area contributed by atoms with E-state index in [-0.39, 0.29) is 18.1 Å². The minimum atomic E-state index is -4.76. The van der Waals surface area contributed by atoms with Crippen molar-refractivity contribution in [3.05, 3.63) is 46.8 Å². The molecule has 0 saturated carbocycles. The molecule has 0 N–H and O–H groups in total. The predicted molar refractivity (Wildman–Crippen MR) is 54.4 cm³/mol. The van der Waals surface area contributed by atoms with Gasteiger partial charge >= 0.3 is 17.8 Å². The van der Waals surface area contributed by atoms with E-state index in [9.17, 15) is 18.0 Å². The third-order valence-corrected chi connectivity index (χ3v) is 1.79. The maximum atomic E-state index is 12.2. The van der Waals surface area contributed by atoms with Crippen LogP contribution < -0.4 is 5.76 Å². The molecular weight excluding hydrogens is 261 g/mol. The Kier molecular flexibility index (Phi) is 3.62. The molecule has 0 atom stereocenters. The maximum Gasteiger partial charge on any atom is 0.470 e. The molecule has 2 aromatic rings. The van der Waals surface area contributed by atoms with Gasteiger partial charge in [-0.3, -0.25) is 0 Å². The summed E-state index contributed by atoms with van der Waals surface area (Å²) < 4.78 is 41.1. The molecule has 0 aliphatic rings. The van der Waals surface area contributed by atoms with Crippen molar-refractivity contribution in [2.75, 3.05) is 0 Å². The fourth-order valence-electron chi connectivity index (χ4n) is 1.12. The van der Waals surface area contributed by atoms with Crippen molar-refractivity contribution in [3.63, 3.8) is 0 Å². The van der Waals surface area contributed by atoms with Gasteiger partial charge in [0.2, 0.25) is 0 Å². The molecular formula is C9H6ClF3N2O2. The molecule has 0 amide bonds. The van der Waals surface area contributed by atoms with Gasteiger partial charge in [0.1, 0.15) is 0 Å². The molecule has 0 fully saturated rings. The summed E-state index contributed by atoms with van der Waals surface area (Å²) >= 11 is 0. The van der Waals surface area contributed by atoms with E-state index in [1.165, 1.54) is 12.1 Å². The zero-order valence-electron chi connectivity index (χ0n) is 8.14. The highest BCUT2D eigenvalue weighted by Gasteiger charge is 2.38. The molecule has 1 aromatic heterocycles. The average Bonchev–Trinajstić information content (AvgIpc) is 2.61. The third kappa shape index (κ3) is 2.68. The molecule has 1 aromatic carbocycles. The van der Waals surface area contributed by atoms with E-state index in [0.717, 1.165) is 0 Å². The van der Waals surface area contributed by atoms with Crippen LogP contribution >= 0.6 is 12.4 Å². The largest absolute Gasteiger partial charge is 0.470 e. The van der Waals surface area contributed by atoms with E-state index in [1.54, 1.807) is 18.2 Å². The Bertz CT molecular complexity index is 547. The van der Waals surface area contributed by atoms with Gasteiger partial charge in [-0.15, -0.1) is 17.5 Å². The molecule has 0 unspecified atom stereocenters. The van der Waals surface area contributed by atoms with E-state index >= 15 is 0 Å². The predicted octanol–water partition coefficient (Wildman–Crippen LogP) is 2.27. The van der Waals surface area contributed by atoms with Crippen LogP contribution in [0, 0.1) is 0 Å². The fourth-order valence-corrected chi connectivity index (χ4v) is 1.12. The molecule has 4 nitrogen and oxygen atoms in total. The van der Waals surface area contributed by atoms with Crippen LogP contribution in [-0.4, -0.2) is 9.78 Å². The zero-order valence-corrected chi connectivity index (χ0v) is 8.96. The number of alkyl halides is 3. The Morgan fingerprint density at radius 3 is 2.24 bits per heavy atom. The Hall–Kier alpha value is -1.76. The molecule has 0 bridgehead atoms. The van der Waals surface area contributed by atoms with Crippen molar-refractivity contribution in [2.45, 2.75) is 6.18 Å². The lowest BCUT2D eigenvalue weighted by molar-refractivity contribution is -0.157. The number of nitrogens with zero attached hydrogens (tertiary/aromatic N) is 2. The highest BCUT2D eigenvalue weighted by Crippen LogP contribution is 2.26. The van der Waals surface area contributed by atoms with Crippen LogP contribution in [0.15, 0.2) is 39.5 Å². The second kappa shape index (κ2) is 4.62. The lowest BCUT2D eigenvalue weighted by Crippen LogP contribution is -2.13. The number of halogens is 4. The molecule has 0 saturated heterocycles. The van der Waals surface area contributed by atoms with Crippen molar-refractivity contribution in [2.24, 2.45) is 0 Å². The van der Waals surface area contributed by atoms with E-state index in [2.05, 4.69) is 9.52 Å². The molecule has 0 radical (unpaired) electrons. The summed E-state index contributed by atoms with van der Waals surface area (Å²) in [6.07, 6.45) is -4.76. The first-order chi connectivity index (χ1) is 7.48. The minimum Gasteiger partial charge on any atom is -0.383 e. The van der Waals surface area contributed by atoms with E-state index in [0.29, 0.717) is 4.68 Å². The number of benzene rings is 1. The zero-order chi connectivity index (χ0) is 11.8. The van der Waals surface area contributed by atoms with Crippen molar-refractivity contribution in [3.8, 4) is 5.69 Å². The van der Waals surface area contributed by atoms with Gasteiger partial charge in [-0.25, -0.2) is 4.79 Å².